The zero-order chi connectivity index (χ0) is 18.8. The molecule has 0 saturated heterocycles. The Balaban J connectivity index is 2.15. The van der Waals surface area contributed by atoms with E-state index < -0.39 is 5.97 Å². The number of thioether (sulfide) groups is 1. The zero-order valence-electron chi connectivity index (χ0n) is 15.0. The van der Waals surface area contributed by atoms with Gasteiger partial charge in [0.1, 0.15) is 16.2 Å². The molecule has 2 aromatic heterocycles. The zero-order valence-corrected chi connectivity index (χ0v) is 16.6. The lowest BCUT2D eigenvalue weighted by molar-refractivity contribution is -0.133. The number of thiophene rings is 1. The largest absolute Gasteiger partial charge is 0.465 e. The first-order valence-electron chi connectivity index (χ1n) is 7.92. The molecule has 0 unspecified atom stereocenters. The van der Waals surface area contributed by atoms with Crippen LogP contribution in [-0.2, 0) is 9.53 Å². The molecule has 0 amide bonds. The third-order valence-corrected chi connectivity index (χ3v) is 5.97. The molecule has 0 fully saturated rings. The molecule has 0 aliphatic heterocycles. The van der Waals surface area contributed by atoms with Crippen LogP contribution in [0.2, 0.25) is 0 Å². The molecule has 2 heterocycles. The second kappa shape index (κ2) is 7.47. The van der Waals surface area contributed by atoms with Gasteiger partial charge in [-0.05, 0) is 49.4 Å². The topological polar surface area (TPSA) is 78.1 Å². The number of fused-ring (bicyclic) bond motifs is 1. The molecule has 3 aromatic rings. The van der Waals surface area contributed by atoms with Crippen molar-refractivity contribution < 1.29 is 9.53 Å². The molecule has 2 N–H and O–H groups in total. The third kappa shape index (κ3) is 3.45. The number of nitrogens with two attached hydrogens (primary N) is 1. The Morgan fingerprint density at radius 1 is 1.23 bits per heavy atom. The molecule has 5 nitrogen and oxygen atoms in total. The van der Waals surface area contributed by atoms with Gasteiger partial charge in [0.05, 0.1) is 12.5 Å². The number of ether oxygens (including phenoxy) is 1. The van der Waals surface area contributed by atoms with Crippen molar-refractivity contribution in [1.29, 1.82) is 0 Å². The fourth-order valence-electron chi connectivity index (χ4n) is 2.59. The van der Waals surface area contributed by atoms with Gasteiger partial charge in [-0.3, -0.25) is 0 Å². The van der Waals surface area contributed by atoms with Crippen LogP contribution < -0.4 is 5.73 Å². The van der Waals surface area contributed by atoms with Crippen molar-refractivity contribution in [3.63, 3.8) is 0 Å². The Bertz CT molecular complexity index is 1010. The fraction of sp³-hybridized carbons (Fsp3) is 0.211. The summed E-state index contributed by atoms with van der Waals surface area (Å²) in [4.78, 5) is 24.3. The Hall–Kier alpha value is -2.38. The van der Waals surface area contributed by atoms with Crippen LogP contribution in [0.5, 0.6) is 0 Å². The minimum atomic E-state index is -0.498. The number of esters is 1. The molecular weight excluding hydrogens is 366 g/mol. The van der Waals surface area contributed by atoms with Crippen molar-refractivity contribution in [3.05, 3.63) is 46.1 Å². The third-order valence-electron chi connectivity index (χ3n) is 4.13. The number of benzene rings is 1. The molecule has 3 rings (SSSR count). The van der Waals surface area contributed by atoms with Crippen molar-refractivity contribution in [2.24, 2.45) is 0 Å². The lowest BCUT2D eigenvalue weighted by Crippen LogP contribution is -2.09. The summed E-state index contributed by atoms with van der Waals surface area (Å²) in [6, 6.07) is 7.87. The fourth-order valence-corrected chi connectivity index (χ4v) is 4.04. The van der Waals surface area contributed by atoms with Gasteiger partial charge in [-0.15, -0.1) is 23.1 Å². The molecule has 0 saturated carbocycles. The number of carbonyl (C=O) groups is 1. The molecular formula is C19H19N3O2S2. The van der Waals surface area contributed by atoms with Gasteiger partial charge >= 0.3 is 5.97 Å². The van der Waals surface area contributed by atoms with E-state index in [0.29, 0.717) is 5.82 Å². The summed E-state index contributed by atoms with van der Waals surface area (Å²) in [6.07, 6.45) is 3.74. The molecule has 0 aliphatic rings. The van der Waals surface area contributed by atoms with E-state index in [0.717, 1.165) is 31.1 Å². The van der Waals surface area contributed by atoms with E-state index in [1.807, 2.05) is 44.4 Å². The van der Waals surface area contributed by atoms with E-state index in [1.165, 1.54) is 7.11 Å². The smallest absolute Gasteiger partial charge is 0.341 e. The van der Waals surface area contributed by atoms with Crippen molar-refractivity contribution in [3.8, 4) is 0 Å². The minimum Gasteiger partial charge on any atom is -0.465 e. The minimum absolute atomic E-state index is 0.275. The van der Waals surface area contributed by atoms with Crippen LogP contribution in [0, 0.1) is 13.8 Å². The number of nitrogen functional groups attached to an aromatic ring is 1. The summed E-state index contributed by atoms with van der Waals surface area (Å²) in [5, 5.41) is 0.852. The number of rotatable bonds is 4. The van der Waals surface area contributed by atoms with Gasteiger partial charge in [0, 0.05) is 9.77 Å². The van der Waals surface area contributed by atoms with Gasteiger partial charge in [0.15, 0.2) is 5.82 Å². The molecule has 0 radical (unpaired) electrons. The summed E-state index contributed by atoms with van der Waals surface area (Å²) in [5.41, 5.74) is 8.37. The van der Waals surface area contributed by atoms with Gasteiger partial charge in [-0.25, -0.2) is 14.8 Å². The SMILES string of the molecule is COC(=O)C(=Cc1ccc(SC)cc1)c1nc(N)c2c(C)c(C)sc2n1. The lowest BCUT2D eigenvalue weighted by atomic mass is 10.1. The number of aryl methyl sites for hydroxylation is 2. The highest BCUT2D eigenvalue weighted by molar-refractivity contribution is 7.98. The van der Waals surface area contributed by atoms with Crippen molar-refractivity contribution in [2.45, 2.75) is 18.7 Å². The highest BCUT2D eigenvalue weighted by Crippen LogP contribution is 2.33. The van der Waals surface area contributed by atoms with E-state index in [1.54, 1.807) is 29.2 Å². The normalized spacial score (nSPS) is 11.8. The van der Waals surface area contributed by atoms with Gasteiger partial charge < -0.3 is 10.5 Å². The van der Waals surface area contributed by atoms with Crippen LogP contribution >= 0.6 is 23.1 Å². The van der Waals surface area contributed by atoms with Crippen molar-refractivity contribution in [2.75, 3.05) is 19.1 Å². The van der Waals surface area contributed by atoms with E-state index in [2.05, 4.69) is 9.97 Å². The van der Waals surface area contributed by atoms with Gasteiger partial charge in [-0.1, -0.05) is 12.1 Å². The average molecular weight is 386 g/mol. The van der Waals surface area contributed by atoms with Crippen LogP contribution in [0.3, 0.4) is 0 Å². The predicted molar refractivity (Wildman–Crippen MR) is 109 cm³/mol. The lowest BCUT2D eigenvalue weighted by Gasteiger charge is -2.07. The first-order chi connectivity index (χ1) is 12.4. The predicted octanol–water partition coefficient (Wildman–Crippen LogP) is 4.33. The van der Waals surface area contributed by atoms with E-state index in [9.17, 15) is 4.79 Å². The summed E-state index contributed by atoms with van der Waals surface area (Å²) >= 11 is 3.20. The van der Waals surface area contributed by atoms with Crippen LogP contribution in [-0.4, -0.2) is 29.3 Å². The van der Waals surface area contributed by atoms with E-state index >= 15 is 0 Å². The summed E-state index contributed by atoms with van der Waals surface area (Å²) in [6.45, 7) is 4.02. The molecule has 134 valence electrons. The quantitative estimate of drug-likeness (QED) is 0.409. The van der Waals surface area contributed by atoms with Crippen LogP contribution in [0.4, 0.5) is 5.82 Å². The number of anilines is 1. The number of nitrogens with zero attached hydrogens (tertiary/aromatic N) is 2. The number of hydrogen-bond donors (Lipinski definition) is 1. The van der Waals surface area contributed by atoms with Crippen LogP contribution in [0.25, 0.3) is 21.9 Å². The number of carbonyl (C=O) groups excluding carboxylic acids is 1. The molecule has 7 heteroatoms. The highest BCUT2D eigenvalue weighted by Gasteiger charge is 2.20. The summed E-state index contributed by atoms with van der Waals surface area (Å²) < 4.78 is 4.94. The van der Waals surface area contributed by atoms with Crippen LogP contribution in [0.15, 0.2) is 29.2 Å². The van der Waals surface area contributed by atoms with Gasteiger partial charge in [0.25, 0.3) is 0 Å². The monoisotopic (exact) mass is 385 g/mol. The average Bonchev–Trinajstić information content (AvgIpc) is 2.93. The van der Waals surface area contributed by atoms with Crippen molar-refractivity contribution in [1.82, 2.24) is 9.97 Å². The van der Waals surface area contributed by atoms with Gasteiger partial charge in [0.2, 0.25) is 0 Å². The van der Waals surface area contributed by atoms with Gasteiger partial charge in [-0.2, -0.15) is 0 Å². The highest BCUT2D eigenvalue weighted by atomic mass is 32.2. The number of methoxy groups -OCH3 is 1. The molecule has 26 heavy (non-hydrogen) atoms. The standard InChI is InChI=1S/C19H19N3O2S2/c1-10-11(2)26-18-15(10)16(20)21-17(22-18)14(19(23)24-3)9-12-5-7-13(25-4)8-6-12/h5-9H,1-4H3,(H2,20,21,22). The molecule has 0 spiro atoms. The second-order valence-electron chi connectivity index (χ2n) is 5.72. The Morgan fingerprint density at radius 3 is 2.54 bits per heavy atom. The molecule has 0 bridgehead atoms. The Kier molecular flexibility index (Phi) is 5.29. The molecule has 1 aromatic carbocycles. The first kappa shape index (κ1) is 18.4. The first-order valence-corrected chi connectivity index (χ1v) is 9.96. The second-order valence-corrected chi connectivity index (χ2v) is 7.80. The Labute approximate surface area is 160 Å². The van der Waals surface area contributed by atoms with E-state index in [4.69, 9.17) is 10.5 Å². The van der Waals surface area contributed by atoms with Crippen molar-refractivity contribution >= 4 is 56.8 Å². The van der Waals surface area contributed by atoms with E-state index in [-0.39, 0.29) is 11.4 Å². The maximum absolute atomic E-state index is 12.3. The number of hydrogen-bond acceptors (Lipinski definition) is 7. The summed E-state index contributed by atoms with van der Waals surface area (Å²) in [7, 11) is 1.34. The maximum Gasteiger partial charge on any atom is 0.341 e. The maximum atomic E-state index is 12.3. The van der Waals surface area contributed by atoms with Crippen LogP contribution in [0.1, 0.15) is 21.8 Å². The Morgan fingerprint density at radius 2 is 1.92 bits per heavy atom. The molecule has 0 aliphatic carbocycles. The number of aromatic nitrogens is 2. The molecule has 0 atom stereocenters. The summed E-state index contributed by atoms with van der Waals surface area (Å²) in [5.74, 6) is 0.152.